The first-order valence-electron chi connectivity index (χ1n) is 8.41. The molecule has 1 aliphatic heterocycles. The molecule has 1 aliphatic rings. The highest BCUT2D eigenvalue weighted by atomic mass is 35.5. The summed E-state index contributed by atoms with van der Waals surface area (Å²) in [6.45, 7) is 0.920. The lowest BCUT2D eigenvalue weighted by atomic mass is 10.0. The van der Waals surface area contributed by atoms with Crippen molar-refractivity contribution in [3.63, 3.8) is 0 Å². The predicted octanol–water partition coefficient (Wildman–Crippen LogP) is 3.44. The summed E-state index contributed by atoms with van der Waals surface area (Å²) >= 11 is 11.8. The van der Waals surface area contributed by atoms with Crippen LogP contribution in [0, 0.1) is 0 Å². The van der Waals surface area contributed by atoms with Crippen molar-refractivity contribution in [2.75, 3.05) is 13.1 Å². The summed E-state index contributed by atoms with van der Waals surface area (Å²) in [4.78, 5) is 26.5. The third-order valence-corrected chi connectivity index (χ3v) is 5.19. The number of nitrogens with zero attached hydrogens (tertiary/aromatic N) is 1. The van der Waals surface area contributed by atoms with Crippen LogP contribution in [0.25, 0.3) is 0 Å². The van der Waals surface area contributed by atoms with Gasteiger partial charge in [-0.1, -0.05) is 23.2 Å². The van der Waals surface area contributed by atoms with E-state index in [-0.39, 0.29) is 34.9 Å². The van der Waals surface area contributed by atoms with E-state index in [0.29, 0.717) is 41.5 Å². The lowest BCUT2D eigenvalue weighted by Crippen LogP contribution is -2.46. The summed E-state index contributed by atoms with van der Waals surface area (Å²) in [5.41, 5.74) is 0.656. The van der Waals surface area contributed by atoms with E-state index >= 15 is 0 Å². The van der Waals surface area contributed by atoms with Gasteiger partial charge in [0, 0.05) is 36.3 Å². The van der Waals surface area contributed by atoms with Crippen molar-refractivity contribution in [2.24, 2.45) is 0 Å². The fourth-order valence-electron chi connectivity index (χ4n) is 3.03. The number of phenolic OH excluding ortho intramolecular Hbond substituents is 2. The van der Waals surface area contributed by atoms with Crippen LogP contribution in [0.3, 0.4) is 0 Å². The molecule has 0 bridgehead atoms. The van der Waals surface area contributed by atoms with Crippen molar-refractivity contribution in [1.82, 2.24) is 10.2 Å². The van der Waals surface area contributed by atoms with Crippen LogP contribution in [0.1, 0.15) is 33.6 Å². The molecule has 0 unspecified atom stereocenters. The SMILES string of the molecule is O=C(NC1CCN(C(=O)c2cc(O)cc(O)c2)CC1)c1ccc(Cl)c(Cl)c1. The fraction of sp³-hybridized carbons (Fsp3) is 0.263. The van der Waals surface area contributed by atoms with E-state index in [9.17, 15) is 19.8 Å². The molecule has 6 nitrogen and oxygen atoms in total. The number of benzene rings is 2. The van der Waals surface area contributed by atoms with Gasteiger partial charge in [0.15, 0.2) is 0 Å². The Hall–Kier alpha value is -2.44. The van der Waals surface area contributed by atoms with Crippen molar-refractivity contribution >= 4 is 35.0 Å². The number of carbonyl (C=O) groups excluding carboxylic acids is 2. The Morgan fingerprint density at radius 1 is 0.926 bits per heavy atom. The number of piperidine rings is 1. The smallest absolute Gasteiger partial charge is 0.254 e. The van der Waals surface area contributed by atoms with Crippen LogP contribution in [0.5, 0.6) is 11.5 Å². The average molecular weight is 409 g/mol. The number of carbonyl (C=O) groups is 2. The molecule has 0 atom stereocenters. The number of hydrogen-bond donors (Lipinski definition) is 3. The third kappa shape index (κ3) is 4.64. The fourth-order valence-corrected chi connectivity index (χ4v) is 3.33. The van der Waals surface area contributed by atoms with Gasteiger partial charge in [-0.25, -0.2) is 0 Å². The number of phenols is 2. The molecule has 0 aliphatic carbocycles. The Morgan fingerprint density at radius 3 is 2.15 bits per heavy atom. The molecule has 1 saturated heterocycles. The lowest BCUT2D eigenvalue weighted by Gasteiger charge is -2.32. The molecular formula is C19H18Cl2N2O4. The Balaban J connectivity index is 1.57. The van der Waals surface area contributed by atoms with E-state index in [1.54, 1.807) is 17.0 Å². The van der Waals surface area contributed by atoms with Crippen molar-refractivity contribution in [3.05, 3.63) is 57.6 Å². The van der Waals surface area contributed by atoms with Crippen LogP contribution >= 0.6 is 23.2 Å². The maximum absolute atomic E-state index is 12.5. The molecule has 2 aromatic rings. The van der Waals surface area contributed by atoms with Gasteiger partial charge >= 0.3 is 0 Å². The molecule has 2 amide bonds. The van der Waals surface area contributed by atoms with Gasteiger partial charge in [0.05, 0.1) is 10.0 Å². The van der Waals surface area contributed by atoms with Gasteiger partial charge in [-0.3, -0.25) is 9.59 Å². The molecule has 0 radical (unpaired) electrons. The Bertz CT molecular complexity index is 860. The van der Waals surface area contributed by atoms with Crippen molar-refractivity contribution in [2.45, 2.75) is 18.9 Å². The molecule has 8 heteroatoms. The third-order valence-electron chi connectivity index (χ3n) is 4.45. The number of hydrogen-bond acceptors (Lipinski definition) is 4. The van der Waals surface area contributed by atoms with E-state index in [0.717, 1.165) is 0 Å². The summed E-state index contributed by atoms with van der Waals surface area (Å²) in [7, 11) is 0. The average Bonchev–Trinajstić information content (AvgIpc) is 2.63. The first-order valence-corrected chi connectivity index (χ1v) is 9.17. The summed E-state index contributed by atoms with van der Waals surface area (Å²) in [5.74, 6) is -0.837. The van der Waals surface area contributed by atoms with Crippen LogP contribution in [0.2, 0.25) is 10.0 Å². The van der Waals surface area contributed by atoms with Gasteiger partial charge in [0.2, 0.25) is 0 Å². The highest BCUT2D eigenvalue weighted by Crippen LogP contribution is 2.24. The second-order valence-electron chi connectivity index (χ2n) is 6.41. The molecule has 0 aromatic heterocycles. The van der Waals surface area contributed by atoms with Crippen LogP contribution in [0.4, 0.5) is 0 Å². The van der Waals surface area contributed by atoms with E-state index in [4.69, 9.17) is 23.2 Å². The number of likely N-dealkylation sites (tertiary alicyclic amines) is 1. The van der Waals surface area contributed by atoms with E-state index in [1.165, 1.54) is 24.3 Å². The standard InChI is InChI=1S/C19H18Cl2N2O4/c20-16-2-1-11(9-17(16)21)18(26)22-13-3-5-23(6-4-13)19(27)12-7-14(24)10-15(25)8-12/h1-2,7-10,13,24-25H,3-6H2,(H,22,26). The minimum atomic E-state index is -0.268. The summed E-state index contributed by atoms with van der Waals surface area (Å²) in [6, 6.07) is 8.45. The Labute approximate surface area is 166 Å². The molecule has 2 aromatic carbocycles. The monoisotopic (exact) mass is 408 g/mol. The molecule has 3 rings (SSSR count). The van der Waals surface area contributed by atoms with Crippen LogP contribution in [0.15, 0.2) is 36.4 Å². The zero-order valence-corrected chi connectivity index (χ0v) is 15.8. The molecule has 1 heterocycles. The minimum absolute atomic E-state index is 0.0615. The minimum Gasteiger partial charge on any atom is -0.508 e. The number of nitrogens with one attached hydrogen (secondary N) is 1. The topological polar surface area (TPSA) is 89.9 Å². The highest BCUT2D eigenvalue weighted by Gasteiger charge is 2.25. The predicted molar refractivity (Wildman–Crippen MR) is 103 cm³/mol. The molecule has 1 fully saturated rings. The number of rotatable bonds is 3. The van der Waals surface area contributed by atoms with Crippen LogP contribution in [-0.2, 0) is 0 Å². The van der Waals surface area contributed by atoms with E-state index in [2.05, 4.69) is 5.32 Å². The first kappa shape index (κ1) is 19.3. The van der Waals surface area contributed by atoms with Crippen molar-refractivity contribution < 1.29 is 19.8 Å². The number of aromatic hydroxyl groups is 2. The normalized spacial score (nSPS) is 14.8. The van der Waals surface area contributed by atoms with E-state index < -0.39 is 0 Å². The van der Waals surface area contributed by atoms with Gasteiger partial charge in [-0.05, 0) is 43.2 Å². The molecule has 142 valence electrons. The highest BCUT2D eigenvalue weighted by molar-refractivity contribution is 6.42. The number of amides is 2. The van der Waals surface area contributed by atoms with Gasteiger partial charge in [-0.15, -0.1) is 0 Å². The zero-order chi connectivity index (χ0) is 19.6. The number of halogens is 2. The molecule has 3 N–H and O–H groups in total. The van der Waals surface area contributed by atoms with Gasteiger partial charge in [0.25, 0.3) is 11.8 Å². The Morgan fingerprint density at radius 2 is 1.56 bits per heavy atom. The maximum Gasteiger partial charge on any atom is 0.254 e. The van der Waals surface area contributed by atoms with Gasteiger partial charge < -0.3 is 20.4 Å². The van der Waals surface area contributed by atoms with Crippen molar-refractivity contribution in [3.8, 4) is 11.5 Å². The second-order valence-corrected chi connectivity index (χ2v) is 7.22. The van der Waals surface area contributed by atoms with Crippen molar-refractivity contribution in [1.29, 1.82) is 0 Å². The van der Waals surface area contributed by atoms with Crippen LogP contribution < -0.4 is 5.32 Å². The quantitative estimate of drug-likeness (QED) is 0.725. The first-order chi connectivity index (χ1) is 12.8. The zero-order valence-electron chi connectivity index (χ0n) is 14.3. The summed E-state index contributed by atoms with van der Waals surface area (Å²) < 4.78 is 0. The van der Waals surface area contributed by atoms with Gasteiger partial charge in [-0.2, -0.15) is 0 Å². The molecule has 0 saturated carbocycles. The molecule has 0 spiro atoms. The molecular weight excluding hydrogens is 391 g/mol. The summed E-state index contributed by atoms with van der Waals surface area (Å²) in [5, 5.41) is 22.7. The Kier molecular flexibility index (Phi) is 5.77. The van der Waals surface area contributed by atoms with Crippen LogP contribution in [-0.4, -0.2) is 46.1 Å². The largest absolute Gasteiger partial charge is 0.508 e. The van der Waals surface area contributed by atoms with E-state index in [1.807, 2.05) is 0 Å². The molecule has 27 heavy (non-hydrogen) atoms. The maximum atomic E-state index is 12.5. The van der Waals surface area contributed by atoms with Gasteiger partial charge in [0.1, 0.15) is 11.5 Å². The summed E-state index contributed by atoms with van der Waals surface area (Å²) in [6.07, 6.45) is 1.20. The lowest BCUT2D eigenvalue weighted by molar-refractivity contribution is 0.0697. The second kappa shape index (κ2) is 8.06.